The number of nitrogens with zero attached hydrogens (tertiary/aromatic N) is 2. The van der Waals surface area contributed by atoms with E-state index in [1.807, 2.05) is 17.5 Å². The van der Waals surface area contributed by atoms with E-state index in [4.69, 9.17) is 4.74 Å². The number of aromatic nitrogens is 2. The van der Waals surface area contributed by atoms with Crippen LogP contribution in [-0.4, -0.2) is 40.9 Å². The van der Waals surface area contributed by atoms with Gasteiger partial charge in [-0.2, -0.15) is 16.9 Å². The van der Waals surface area contributed by atoms with Crippen molar-refractivity contribution in [2.75, 3.05) is 18.5 Å². The third-order valence-corrected chi connectivity index (χ3v) is 6.48. The van der Waals surface area contributed by atoms with Gasteiger partial charge in [0.1, 0.15) is 12.4 Å². The summed E-state index contributed by atoms with van der Waals surface area (Å²) >= 11 is 3.33. The molecule has 27 heavy (non-hydrogen) atoms. The number of carbonyl (C=O) groups is 2. The van der Waals surface area contributed by atoms with Gasteiger partial charge < -0.3 is 15.4 Å². The highest BCUT2D eigenvalue weighted by Crippen LogP contribution is 2.34. The van der Waals surface area contributed by atoms with Crippen LogP contribution >= 0.6 is 23.1 Å². The van der Waals surface area contributed by atoms with Crippen molar-refractivity contribution in [3.05, 3.63) is 33.6 Å². The predicted molar refractivity (Wildman–Crippen MR) is 106 cm³/mol. The maximum absolute atomic E-state index is 12.4. The summed E-state index contributed by atoms with van der Waals surface area (Å²) in [6, 6.07) is 3.88. The van der Waals surface area contributed by atoms with Gasteiger partial charge in [-0.3, -0.25) is 9.59 Å². The Balaban J connectivity index is 1.41. The number of anilines is 1. The SMILES string of the molecule is O=C(Cn1nc2c(c1NC(=O)Cc1cccs1)CSC2)NC[C@H]1CCCO1. The van der Waals surface area contributed by atoms with Crippen molar-refractivity contribution in [3.63, 3.8) is 0 Å². The highest BCUT2D eigenvalue weighted by atomic mass is 32.2. The first-order chi connectivity index (χ1) is 13.2. The number of thiophene rings is 1. The molecule has 0 saturated carbocycles. The fourth-order valence-corrected chi connectivity index (χ4v) is 5.03. The van der Waals surface area contributed by atoms with E-state index in [0.29, 0.717) is 18.8 Å². The van der Waals surface area contributed by atoms with Crippen LogP contribution in [0, 0.1) is 0 Å². The number of ether oxygens (including phenoxy) is 1. The van der Waals surface area contributed by atoms with Gasteiger partial charge in [0.05, 0.1) is 18.2 Å². The number of hydrogen-bond acceptors (Lipinski definition) is 6. The Kier molecular flexibility index (Phi) is 5.80. The Morgan fingerprint density at radius 3 is 3.04 bits per heavy atom. The second-order valence-electron chi connectivity index (χ2n) is 6.67. The molecule has 2 aromatic rings. The van der Waals surface area contributed by atoms with Crippen LogP contribution < -0.4 is 10.6 Å². The van der Waals surface area contributed by atoms with Crippen molar-refractivity contribution in [2.45, 2.75) is 43.4 Å². The highest BCUT2D eigenvalue weighted by Gasteiger charge is 2.25. The lowest BCUT2D eigenvalue weighted by Crippen LogP contribution is -2.34. The lowest BCUT2D eigenvalue weighted by atomic mass is 10.2. The number of fused-ring (bicyclic) bond motifs is 1. The van der Waals surface area contributed by atoms with Gasteiger partial charge in [-0.15, -0.1) is 11.3 Å². The van der Waals surface area contributed by atoms with Crippen molar-refractivity contribution in [1.82, 2.24) is 15.1 Å². The number of nitrogens with one attached hydrogen (secondary N) is 2. The maximum Gasteiger partial charge on any atom is 0.241 e. The molecular weight excluding hydrogens is 384 g/mol. The summed E-state index contributed by atoms with van der Waals surface area (Å²) in [7, 11) is 0. The predicted octanol–water partition coefficient (Wildman–Crippen LogP) is 2.17. The number of thioether (sulfide) groups is 1. The van der Waals surface area contributed by atoms with Crippen molar-refractivity contribution in [1.29, 1.82) is 0 Å². The molecule has 0 unspecified atom stereocenters. The zero-order valence-corrected chi connectivity index (χ0v) is 16.5. The molecule has 2 aliphatic heterocycles. The Morgan fingerprint density at radius 1 is 1.33 bits per heavy atom. The van der Waals surface area contributed by atoms with Gasteiger partial charge in [0.15, 0.2) is 0 Å². The number of carbonyl (C=O) groups excluding carboxylic acids is 2. The largest absolute Gasteiger partial charge is 0.376 e. The van der Waals surface area contributed by atoms with Crippen LogP contribution in [0.1, 0.15) is 29.0 Å². The molecule has 0 aromatic carbocycles. The van der Waals surface area contributed by atoms with Crippen molar-refractivity contribution in [2.24, 2.45) is 0 Å². The van der Waals surface area contributed by atoms with Crippen LogP contribution in [-0.2, 0) is 38.8 Å². The molecular formula is C18H22N4O3S2. The maximum atomic E-state index is 12.4. The molecule has 0 radical (unpaired) electrons. The molecule has 0 aliphatic carbocycles. The third-order valence-electron chi connectivity index (χ3n) is 4.64. The molecule has 0 bridgehead atoms. The van der Waals surface area contributed by atoms with Gasteiger partial charge in [-0.25, -0.2) is 4.68 Å². The van der Waals surface area contributed by atoms with Gasteiger partial charge in [0.2, 0.25) is 11.8 Å². The highest BCUT2D eigenvalue weighted by molar-refractivity contribution is 7.98. The minimum absolute atomic E-state index is 0.0851. The van der Waals surface area contributed by atoms with E-state index in [2.05, 4.69) is 15.7 Å². The second-order valence-corrected chi connectivity index (χ2v) is 8.69. The summed E-state index contributed by atoms with van der Waals surface area (Å²) in [6.45, 7) is 1.39. The van der Waals surface area contributed by atoms with E-state index in [9.17, 15) is 9.59 Å². The van der Waals surface area contributed by atoms with Gasteiger partial charge >= 0.3 is 0 Å². The molecule has 1 atom stereocenters. The average molecular weight is 407 g/mol. The van der Waals surface area contributed by atoms with Gasteiger partial charge in [0, 0.05) is 35.1 Å². The lowest BCUT2D eigenvalue weighted by molar-refractivity contribution is -0.122. The Hall–Kier alpha value is -1.84. The van der Waals surface area contributed by atoms with E-state index in [-0.39, 0.29) is 24.5 Å². The van der Waals surface area contributed by atoms with Crippen LogP contribution in [0.25, 0.3) is 0 Å². The van der Waals surface area contributed by atoms with Crippen molar-refractivity contribution >= 4 is 40.7 Å². The number of rotatable bonds is 7. The minimum Gasteiger partial charge on any atom is -0.376 e. The summed E-state index contributed by atoms with van der Waals surface area (Å²) in [5, 5.41) is 12.4. The van der Waals surface area contributed by atoms with Crippen LogP contribution in [0.5, 0.6) is 0 Å². The standard InChI is InChI=1S/C18H22N4O3S2/c23-16(7-13-4-2-6-27-13)20-18-14-10-26-11-15(14)21-22(18)9-17(24)19-8-12-3-1-5-25-12/h2,4,6,12H,1,3,5,7-11H2,(H,19,24)(H,20,23)/t12-/m1/s1. The number of hydrogen-bond donors (Lipinski definition) is 2. The van der Waals surface area contributed by atoms with Crippen LogP contribution in [0.2, 0.25) is 0 Å². The zero-order valence-electron chi connectivity index (χ0n) is 14.9. The lowest BCUT2D eigenvalue weighted by Gasteiger charge is -2.13. The molecule has 9 heteroatoms. The first kappa shape index (κ1) is 18.5. The Bertz CT molecular complexity index is 813. The molecule has 2 amide bonds. The van der Waals surface area contributed by atoms with Gasteiger partial charge in [-0.1, -0.05) is 6.07 Å². The quantitative estimate of drug-likeness (QED) is 0.736. The van der Waals surface area contributed by atoms with E-state index < -0.39 is 0 Å². The fourth-order valence-electron chi connectivity index (χ4n) is 3.29. The fraction of sp³-hybridized carbons (Fsp3) is 0.500. The molecule has 0 spiro atoms. The van der Waals surface area contributed by atoms with Crippen molar-refractivity contribution < 1.29 is 14.3 Å². The molecule has 1 saturated heterocycles. The first-order valence-corrected chi connectivity index (χ1v) is 11.1. The van der Waals surface area contributed by atoms with Crippen molar-refractivity contribution in [3.8, 4) is 0 Å². The van der Waals surface area contributed by atoms with E-state index in [0.717, 1.165) is 47.1 Å². The molecule has 2 N–H and O–H groups in total. The van der Waals surface area contributed by atoms with E-state index in [1.54, 1.807) is 27.8 Å². The Labute approximate surface area is 165 Å². The van der Waals surface area contributed by atoms with E-state index in [1.165, 1.54) is 0 Å². The first-order valence-electron chi connectivity index (χ1n) is 9.06. The minimum atomic E-state index is -0.118. The van der Waals surface area contributed by atoms with E-state index >= 15 is 0 Å². The normalized spacial score (nSPS) is 18.4. The number of amides is 2. The topological polar surface area (TPSA) is 85.2 Å². The summed E-state index contributed by atoms with van der Waals surface area (Å²) in [5.74, 6) is 2.07. The second kappa shape index (κ2) is 8.45. The molecule has 1 fully saturated rings. The molecule has 4 rings (SSSR count). The average Bonchev–Trinajstić information content (AvgIpc) is 3.40. The molecule has 4 heterocycles. The van der Waals surface area contributed by atoms with Crippen LogP contribution in [0.4, 0.5) is 5.82 Å². The third kappa shape index (κ3) is 4.53. The van der Waals surface area contributed by atoms with Gasteiger partial charge in [-0.05, 0) is 24.3 Å². The smallest absolute Gasteiger partial charge is 0.241 e. The molecule has 144 valence electrons. The van der Waals surface area contributed by atoms with Gasteiger partial charge in [0.25, 0.3) is 0 Å². The summed E-state index contributed by atoms with van der Waals surface area (Å²) in [4.78, 5) is 25.8. The molecule has 2 aliphatic rings. The summed E-state index contributed by atoms with van der Waals surface area (Å²) in [6.07, 6.45) is 2.47. The molecule has 2 aromatic heterocycles. The monoisotopic (exact) mass is 406 g/mol. The Morgan fingerprint density at radius 2 is 2.26 bits per heavy atom. The summed E-state index contributed by atoms with van der Waals surface area (Å²) < 4.78 is 7.16. The van der Waals surface area contributed by atoms with Crippen LogP contribution in [0.3, 0.4) is 0 Å². The zero-order chi connectivity index (χ0) is 18.6. The van der Waals surface area contributed by atoms with Crippen LogP contribution in [0.15, 0.2) is 17.5 Å². The summed E-state index contributed by atoms with van der Waals surface area (Å²) in [5.41, 5.74) is 1.99. The molecule has 7 nitrogen and oxygen atoms in total.